The van der Waals surface area contributed by atoms with Crippen molar-refractivity contribution in [3.05, 3.63) is 71.4 Å². The maximum Gasteiger partial charge on any atom is 0.223 e. The number of benzene rings is 1. The van der Waals surface area contributed by atoms with Crippen LogP contribution in [0.25, 0.3) is 5.65 Å². The van der Waals surface area contributed by atoms with E-state index in [0.29, 0.717) is 6.42 Å². The molecule has 0 saturated carbocycles. The maximum atomic E-state index is 14.0. The number of nitrogens with zero attached hydrogens (tertiary/aromatic N) is 3. The van der Waals surface area contributed by atoms with Crippen LogP contribution in [0.2, 0.25) is 0 Å². The molecule has 1 atom stereocenters. The molecule has 1 aromatic carbocycles. The van der Waals surface area contributed by atoms with E-state index in [0.717, 1.165) is 48.5 Å². The Morgan fingerprint density at radius 2 is 1.86 bits per heavy atom. The number of rotatable bonds is 8. The number of pyridine rings is 1. The van der Waals surface area contributed by atoms with Gasteiger partial charge in [-0.2, -0.15) is 0 Å². The lowest BCUT2D eigenvalue weighted by Crippen LogP contribution is -2.33. The molecule has 3 aromatic rings. The van der Waals surface area contributed by atoms with Gasteiger partial charge in [0.2, 0.25) is 5.91 Å². The van der Waals surface area contributed by atoms with E-state index in [4.69, 9.17) is 0 Å². The summed E-state index contributed by atoms with van der Waals surface area (Å²) in [5, 5.41) is 0. The SMILES string of the molecule is CCCN(CCC)C(=O)CC(c1cccc(F)c1)c1cnc2cccc(C)n12. The lowest BCUT2D eigenvalue weighted by atomic mass is 9.91. The molecule has 0 bridgehead atoms. The minimum atomic E-state index is -0.292. The summed E-state index contributed by atoms with van der Waals surface area (Å²) in [5.74, 6) is -0.448. The Bertz CT molecular complexity index is 944. The first-order chi connectivity index (χ1) is 13.5. The number of aromatic nitrogens is 2. The lowest BCUT2D eigenvalue weighted by molar-refractivity contribution is -0.131. The Hall–Kier alpha value is -2.69. The van der Waals surface area contributed by atoms with Crippen LogP contribution in [0.1, 0.15) is 56.0 Å². The Balaban J connectivity index is 2.04. The highest BCUT2D eigenvalue weighted by Crippen LogP contribution is 2.30. The quantitative estimate of drug-likeness (QED) is 0.553. The molecule has 4 nitrogen and oxygen atoms in total. The molecule has 0 saturated heterocycles. The van der Waals surface area contributed by atoms with Crippen LogP contribution >= 0.6 is 0 Å². The van der Waals surface area contributed by atoms with Crippen molar-refractivity contribution in [1.82, 2.24) is 14.3 Å². The molecule has 28 heavy (non-hydrogen) atoms. The van der Waals surface area contributed by atoms with Crippen LogP contribution in [0.3, 0.4) is 0 Å². The van der Waals surface area contributed by atoms with Crippen molar-refractivity contribution in [2.24, 2.45) is 0 Å². The van der Waals surface area contributed by atoms with Gasteiger partial charge in [-0.25, -0.2) is 9.37 Å². The van der Waals surface area contributed by atoms with E-state index in [2.05, 4.69) is 23.2 Å². The predicted octanol–water partition coefficient (Wildman–Crippen LogP) is 4.95. The summed E-state index contributed by atoms with van der Waals surface area (Å²) in [6.07, 6.45) is 3.96. The molecule has 0 spiro atoms. The summed E-state index contributed by atoms with van der Waals surface area (Å²) in [5.41, 5.74) is 3.59. The maximum absolute atomic E-state index is 14.0. The fourth-order valence-electron chi connectivity index (χ4n) is 3.80. The van der Waals surface area contributed by atoms with Crippen LogP contribution in [0.15, 0.2) is 48.7 Å². The van der Waals surface area contributed by atoms with Gasteiger partial charge in [0.05, 0.1) is 5.69 Å². The van der Waals surface area contributed by atoms with Crippen molar-refractivity contribution in [2.45, 2.75) is 46.0 Å². The number of carbonyl (C=O) groups is 1. The lowest BCUT2D eigenvalue weighted by Gasteiger charge is -2.25. The topological polar surface area (TPSA) is 37.6 Å². The van der Waals surface area contributed by atoms with Gasteiger partial charge < -0.3 is 9.30 Å². The van der Waals surface area contributed by atoms with Crippen molar-refractivity contribution >= 4 is 11.6 Å². The van der Waals surface area contributed by atoms with Crippen LogP contribution in [-0.2, 0) is 4.79 Å². The second-order valence-corrected chi connectivity index (χ2v) is 7.24. The highest BCUT2D eigenvalue weighted by molar-refractivity contribution is 5.77. The van der Waals surface area contributed by atoms with Gasteiger partial charge in [0.1, 0.15) is 11.5 Å². The van der Waals surface area contributed by atoms with Crippen molar-refractivity contribution in [2.75, 3.05) is 13.1 Å². The fourth-order valence-corrected chi connectivity index (χ4v) is 3.80. The molecule has 0 N–H and O–H groups in total. The zero-order valence-corrected chi connectivity index (χ0v) is 16.9. The number of amides is 1. The molecule has 0 fully saturated rings. The molecule has 1 unspecified atom stereocenters. The fraction of sp³-hybridized carbons (Fsp3) is 0.391. The van der Waals surface area contributed by atoms with E-state index in [1.165, 1.54) is 12.1 Å². The molecular formula is C23H28FN3O. The zero-order chi connectivity index (χ0) is 20.1. The first kappa shape index (κ1) is 20.1. The van der Waals surface area contributed by atoms with Crippen LogP contribution < -0.4 is 0 Å². The van der Waals surface area contributed by atoms with Crippen LogP contribution in [0.4, 0.5) is 4.39 Å². The second kappa shape index (κ2) is 9.00. The minimum Gasteiger partial charge on any atom is -0.343 e. The normalized spacial score (nSPS) is 12.3. The largest absolute Gasteiger partial charge is 0.343 e. The number of carbonyl (C=O) groups excluding carboxylic acids is 1. The number of fused-ring (bicyclic) bond motifs is 1. The van der Waals surface area contributed by atoms with Crippen molar-refractivity contribution in [3.8, 4) is 0 Å². The van der Waals surface area contributed by atoms with Gasteiger partial charge in [-0.1, -0.05) is 32.0 Å². The van der Waals surface area contributed by atoms with Gasteiger partial charge >= 0.3 is 0 Å². The molecule has 148 valence electrons. The van der Waals surface area contributed by atoms with E-state index in [1.54, 1.807) is 6.07 Å². The van der Waals surface area contributed by atoms with Gasteiger partial charge in [-0.05, 0) is 49.6 Å². The van der Waals surface area contributed by atoms with Crippen molar-refractivity contribution in [1.29, 1.82) is 0 Å². The first-order valence-electron chi connectivity index (χ1n) is 10.0. The van der Waals surface area contributed by atoms with E-state index in [9.17, 15) is 9.18 Å². The van der Waals surface area contributed by atoms with Crippen LogP contribution in [0, 0.1) is 12.7 Å². The third-order valence-corrected chi connectivity index (χ3v) is 5.08. The summed E-state index contributed by atoms with van der Waals surface area (Å²) >= 11 is 0. The van der Waals surface area contributed by atoms with Gasteiger partial charge in [-0.3, -0.25) is 4.79 Å². The van der Waals surface area contributed by atoms with Gasteiger partial charge in [0, 0.05) is 37.3 Å². The van der Waals surface area contributed by atoms with E-state index < -0.39 is 0 Å². The second-order valence-electron chi connectivity index (χ2n) is 7.24. The summed E-state index contributed by atoms with van der Waals surface area (Å²) in [6.45, 7) is 7.66. The predicted molar refractivity (Wildman–Crippen MR) is 110 cm³/mol. The number of halogens is 1. The third-order valence-electron chi connectivity index (χ3n) is 5.08. The summed E-state index contributed by atoms with van der Waals surface area (Å²) in [7, 11) is 0. The highest BCUT2D eigenvalue weighted by atomic mass is 19.1. The Morgan fingerprint density at radius 1 is 1.14 bits per heavy atom. The van der Waals surface area contributed by atoms with Gasteiger partial charge in [0.25, 0.3) is 0 Å². The molecule has 0 radical (unpaired) electrons. The first-order valence-corrected chi connectivity index (χ1v) is 10.0. The summed E-state index contributed by atoms with van der Waals surface area (Å²) < 4.78 is 16.0. The molecule has 1 amide bonds. The molecule has 2 aromatic heterocycles. The van der Waals surface area contributed by atoms with Crippen molar-refractivity contribution < 1.29 is 9.18 Å². The molecular weight excluding hydrogens is 353 g/mol. The Morgan fingerprint density at radius 3 is 2.54 bits per heavy atom. The average Bonchev–Trinajstić information content (AvgIpc) is 3.11. The number of hydrogen-bond acceptors (Lipinski definition) is 2. The van der Waals surface area contributed by atoms with Gasteiger partial charge in [-0.15, -0.1) is 0 Å². The Kier molecular flexibility index (Phi) is 6.45. The minimum absolute atomic E-state index is 0.0986. The summed E-state index contributed by atoms with van der Waals surface area (Å²) in [4.78, 5) is 19.5. The molecule has 5 heteroatoms. The van der Waals surface area contributed by atoms with Crippen LogP contribution in [0.5, 0.6) is 0 Å². The summed E-state index contributed by atoms with van der Waals surface area (Å²) in [6, 6.07) is 12.5. The average molecular weight is 381 g/mol. The van der Waals surface area contributed by atoms with Gasteiger partial charge in [0.15, 0.2) is 0 Å². The molecule has 2 heterocycles. The smallest absolute Gasteiger partial charge is 0.223 e. The van der Waals surface area contributed by atoms with E-state index >= 15 is 0 Å². The monoisotopic (exact) mass is 381 g/mol. The molecule has 3 rings (SSSR count). The van der Waals surface area contributed by atoms with Crippen LogP contribution in [-0.4, -0.2) is 33.3 Å². The third kappa shape index (κ3) is 4.24. The Labute approximate surface area is 166 Å². The molecule has 0 aliphatic heterocycles. The highest BCUT2D eigenvalue weighted by Gasteiger charge is 2.25. The number of imidazole rings is 1. The van der Waals surface area contributed by atoms with Crippen molar-refractivity contribution in [3.63, 3.8) is 0 Å². The van der Waals surface area contributed by atoms with E-state index in [-0.39, 0.29) is 17.6 Å². The number of aryl methyl sites for hydroxylation is 1. The standard InChI is InChI=1S/C23H28FN3O/c1-4-12-26(13-5-2)23(28)15-20(18-9-7-10-19(24)14-18)21-16-25-22-11-6-8-17(3)27(21)22/h6-11,14,16,20H,4-5,12-13,15H2,1-3H3. The number of hydrogen-bond donors (Lipinski definition) is 0. The zero-order valence-electron chi connectivity index (χ0n) is 16.9. The molecule has 0 aliphatic carbocycles. The molecule has 0 aliphatic rings. The van der Waals surface area contributed by atoms with E-state index in [1.807, 2.05) is 42.3 Å².